The quantitative estimate of drug-likeness (QED) is 0.699. The highest BCUT2D eigenvalue weighted by molar-refractivity contribution is 6.43. The van der Waals surface area contributed by atoms with Gasteiger partial charge in [-0.05, 0) is 37.3 Å². The Labute approximate surface area is 175 Å². The van der Waals surface area contributed by atoms with Gasteiger partial charge in [-0.25, -0.2) is 4.79 Å². The lowest BCUT2D eigenvalue weighted by Crippen LogP contribution is -2.12. The largest absolute Gasteiger partial charge is 0.462 e. The molecule has 4 N–H and O–H groups in total. The SMILES string of the molecule is CCOC(=O)c1ccc2c(c1)C(N)=NC2=O.NC1=NC(=O)c2cc(Cl)c(Cl)cc21. The molecule has 0 spiro atoms. The maximum atomic E-state index is 11.4. The number of esters is 1. The number of hydrogen-bond donors (Lipinski definition) is 2. The molecule has 0 bridgehead atoms. The van der Waals surface area contributed by atoms with E-state index in [2.05, 4.69) is 9.98 Å². The van der Waals surface area contributed by atoms with Gasteiger partial charge >= 0.3 is 5.97 Å². The molecule has 0 aromatic heterocycles. The normalized spacial score (nSPS) is 13.8. The smallest absolute Gasteiger partial charge is 0.338 e. The van der Waals surface area contributed by atoms with E-state index in [0.29, 0.717) is 44.5 Å². The zero-order valence-electron chi connectivity index (χ0n) is 15.0. The van der Waals surface area contributed by atoms with E-state index >= 15 is 0 Å². The van der Waals surface area contributed by atoms with Crippen LogP contribution in [0.2, 0.25) is 10.0 Å². The minimum Gasteiger partial charge on any atom is -0.462 e. The molecule has 0 fully saturated rings. The zero-order chi connectivity index (χ0) is 21.3. The van der Waals surface area contributed by atoms with Gasteiger partial charge in [0.25, 0.3) is 11.8 Å². The Bertz CT molecular complexity index is 1130. The summed E-state index contributed by atoms with van der Waals surface area (Å²) in [5.74, 6) is -0.837. The van der Waals surface area contributed by atoms with Crippen LogP contribution >= 0.6 is 23.2 Å². The first kappa shape index (κ1) is 20.5. The van der Waals surface area contributed by atoms with Crippen molar-refractivity contribution in [1.29, 1.82) is 0 Å². The van der Waals surface area contributed by atoms with Crippen LogP contribution in [0, 0.1) is 0 Å². The number of fused-ring (bicyclic) bond motifs is 2. The van der Waals surface area contributed by atoms with Crippen LogP contribution in [0.5, 0.6) is 0 Å². The Morgan fingerprint density at radius 2 is 1.41 bits per heavy atom. The van der Waals surface area contributed by atoms with E-state index in [1.54, 1.807) is 13.0 Å². The van der Waals surface area contributed by atoms with Crippen molar-refractivity contribution in [3.63, 3.8) is 0 Å². The van der Waals surface area contributed by atoms with Crippen LogP contribution in [0.25, 0.3) is 0 Å². The highest BCUT2D eigenvalue weighted by Gasteiger charge is 2.23. The van der Waals surface area contributed by atoms with Gasteiger partial charge in [-0.15, -0.1) is 0 Å². The summed E-state index contributed by atoms with van der Waals surface area (Å²) in [6.45, 7) is 2.03. The molecule has 0 atom stereocenters. The lowest BCUT2D eigenvalue weighted by atomic mass is 10.0. The van der Waals surface area contributed by atoms with E-state index in [0.717, 1.165) is 0 Å². The predicted octanol–water partition coefficient (Wildman–Crippen LogP) is 2.57. The van der Waals surface area contributed by atoms with Crippen molar-refractivity contribution in [2.24, 2.45) is 21.5 Å². The zero-order valence-corrected chi connectivity index (χ0v) is 16.5. The second-order valence-electron chi connectivity index (χ2n) is 5.90. The summed E-state index contributed by atoms with van der Waals surface area (Å²) in [6, 6.07) is 7.61. The molecule has 10 heteroatoms. The molecule has 0 saturated heterocycles. The first-order valence-electron chi connectivity index (χ1n) is 8.30. The van der Waals surface area contributed by atoms with Crippen molar-refractivity contribution in [2.45, 2.75) is 6.92 Å². The molecule has 8 nitrogen and oxygen atoms in total. The number of nitrogens with two attached hydrogens (primary N) is 2. The molecule has 0 aliphatic carbocycles. The summed E-state index contributed by atoms with van der Waals surface area (Å²) in [6.07, 6.45) is 0. The number of amides is 2. The lowest BCUT2D eigenvalue weighted by molar-refractivity contribution is 0.0526. The maximum absolute atomic E-state index is 11.4. The Morgan fingerprint density at radius 1 is 0.897 bits per heavy atom. The van der Waals surface area contributed by atoms with E-state index in [1.807, 2.05) is 0 Å². The third kappa shape index (κ3) is 3.98. The van der Waals surface area contributed by atoms with Crippen LogP contribution in [-0.4, -0.2) is 36.1 Å². The highest BCUT2D eigenvalue weighted by Crippen LogP contribution is 2.28. The molecule has 2 aliphatic rings. The molecule has 2 aromatic rings. The summed E-state index contributed by atoms with van der Waals surface area (Å²) in [7, 11) is 0. The first-order chi connectivity index (χ1) is 13.7. The third-order valence-electron chi connectivity index (χ3n) is 4.05. The molecule has 4 rings (SSSR count). The summed E-state index contributed by atoms with van der Waals surface area (Å²) >= 11 is 11.5. The van der Waals surface area contributed by atoms with Crippen LogP contribution in [0.3, 0.4) is 0 Å². The van der Waals surface area contributed by atoms with E-state index in [9.17, 15) is 14.4 Å². The summed E-state index contributed by atoms with van der Waals surface area (Å²) in [5.41, 5.74) is 13.3. The Hall–Kier alpha value is -3.23. The fraction of sp³-hybridized carbons (Fsp3) is 0.105. The van der Waals surface area contributed by atoms with Gasteiger partial charge in [-0.2, -0.15) is 9.98 Å². The van der Waals surface area contributed by atoms with Gasteiger partial charge < -0.3 is 16.2 Å². The number of aliphatic imine (C=N–C) groups is 2. The standard InChI is InChI=1S/C11H10N2O3.C8H4Cl2N2O/c1-2-16-11(15)6-3-4-7-8(5-6)9(12)13-10(7)14;9-5-1-3-4(2-6(5)10)8(13)12-7(3)11/h3-5H,2H2,1H3,(H2,12,13,14);1-2H,(H2,11,12,13). The van der Waals surface area contributed by atoms with Crippen LogP contribution < -0.4 is 11.5 Å². The van der Waals surface area contributed by atoms with Gasteiger partial charge in [0.1, 0.15) is 11.7 Å². The van der Waals surface area contributed by atoms with E-state index in [4.69, 9.17) is 39.4 Å². The number of benzene rings is 2. The lowest BCUT2D eigenvalue weighted by Gasteiger charge is -2.03. The number of nitrogens with zero attached hydrogens (tertiary/aromatic N) is 2. The van der Waals surface area contributed by atoms with Gasteiger partial charge in [0.05, 0.1) is 33.3 Å². The third-order valence-corrected chi connectivity index (χ3v) is 4.77. The molecule has 2 aromatic carbocycles. The first-order valence-corrected chi connectivity index (χ1v) is 9.06. The molecule has 2 aliphatic heterocycles. The van der Waals surface area contributed by atoms with Crippen molar-refractivity contribution < 1.29 is 19.1 Å². The fourth-order valence-corrected chi connectivity index (χ4v) is 3.01. The Morgan fingerprint density at radius 3 is 2.00 bits per heavy atom. The van der Waals surface area contributed by atoms with Gasteiger partial charge in [-0.1, -0.05) is 23.2 Å². The van der Waals surface area contributed by atoms with Gasteiger partial charge in [0.2, 0.25) is 0 Å². The fourth-order valence-electron chi connectivity index (χ4n) is 2.68. The van der Waals surface area contributed by atoms with Gasteiger partial charge in [-0.3, -0.25) is 9.59 Å². The number of amidine groups is 2. The van der Waals surface area contributed by atoms with E-state index in [-0.39, 0.29) is 23.5 Å². The van der Waals surface area contributed by atoms with E-state index < -0.39 is 5.97 Å². The van der Waals surface area contributed by atoms with Gasteiger partial charge in [0.15, 0.2) is 0 Å². The average molecular weight is 433 g/mol. The number of ether oxygens (including phenoxy) is 1. The average Bonchev–Trinajstić information content (AvgIpc) is 3.11. The van der Waals surface area contributed by atoms with Crippen LogP contribution in [0.15, 0.2) is 40.3 Å². The van der Waals surface area contributed by atoms with Crippen LogP contribution in [0.1, 0.15) is 49.1 Å². The van der Waals surface area contributed by atoms with Crippen molar-refractivity contribution >= 4 is 52.7 Å². The molecule has 148 valence electrons. The van der Waals surface area contributed by atoms with Crippen molar-refractivity contribution in [2.75, 3.05) is 6.61 Å². The Balaban J connectivity index is 0.000000169. The topological polar surface area (TPSA) is 137 Å². The maximum Gasteiger partial charge on any atom is 0.338 e. The van der Waals surface area contributed by atoms with Crippen molar-refractivity contribution in [1.82, 2.24) is 0 Å². The van der Waals surface area contributed by atoms with E-state index in [1.165, 1.54) is 24.3 Å². The molecular weight excluding hydrogens is 419 g/mol. The molecule has 0 radical (unpaired) electrons. The minimum absolute atomic E-state index is 0.145. The molecule has 0 saturated carbocycles. The summed E-state index contributed by atoms with van der Waals surface area (Å²) < 4.78 is 4.85. The molecule has 0 unspecified atom stereocenters. The van der Waals surface area contributed by atoms with Gasteiger partial charge in [0, 0.05) is 11.1 Å². The summed E-state index contributed by atoms with van der Waals surface area (Å²) in [5, 5.41) is 0.701. The minimum atomic E-state index is -0.433. The number of carbonyl (C=O) groups is 3. The monoisotopic (exact) mass is 432 g/mol. The highest BCUT2D eigenvalue weighted by atomic mass is 35.5. The van der Waals surface area contributed by atoms with Crippen LogP contribution in [0.4, 0.5) is 0 Å². The van der Waals surface area contributed by atoms with Crippen molar-refractivity contribution in [3.8, 4) is 0 Å². The second-order valence-corrected chi connectivity index (χ2v) is 6.71. The second kappa shape index (κ2) is 8.02. The molecule has 2 amide bonds. The van der Waals surface area contributed by atoms with Crippen molar-refractivity contribution in [3.05, 3.63) is 68.2 Å². The predicted molar refractivity (Wildman–Crippen MR) is 109 cm³/mol. The Kier molecular flexibility index (Phi) is 5.67. The summed E-state index contributed by atoms with van der Waals surface area (Å²) in [4.78, 5) is 41.1. The van der Waals surface area contributed by atoms with Crippen LogP contribution in [-0.2, 0) is 4.74 Å². The number of hydrogen-bond acceptors (Lipinski definition) is 6. The molecule has 29 heavy (non-hydrogen) atoms. The molecular formula is C19H14Cl2N4O4. The number of halogens is 2. The number of carbonyl (C=O) groups excluding carboxylic acids is 3. The molecule has 2 heterocycles. The number of rotatable bonds is 2.